The molecule has 2 heteroatoms. The average molecular weight is 141 g/mol. The number of allylic oxidation sites excluding steroid dienone is 1. The SMILES string of the molecule is CC(=O)/C=C(\C)C(C)(C)N. The molecule has 0 spiro atoms. The van der Waals surface area contributed by atoms with Gasteiger partial charge >= 0.3 is 0 Å². The van der Waals surface area contributed by atoms with Gasteiger partial charge in [0, 0.05) is 5.54 Å². The second-order valence-corrected chi connectivity index (χ2v) is 3.16. The molecule has 0 saturated carbocycles. The van der Waals surface area contributed by atoms with Gasteiger partial charge in [-0.05, 0) is 33.8 Å². The summed E-state index contributed by atoms with van der Waals surface area (Å²) in [5, 5.41) is 0. The van der Waals surface area contributed by atoms with Crippen LogP contribution in [0.1, 0.15) is 27.7 Å². The summed E-state index contributed by atoms with van der Waals surface area (Å²) in [7, 11) is 0. The molecule has 2 N–H and O–H groups in total. The lowest BCUT2D eigenvalue weighted by Gasteiger charge is -2.18. The third kappa shape index (κ3) is 3.41. The summed E-state index contributed by atoms with van der Waals surface area (Å²) in [4.78, 5) is 10.6. The molecule has 0 atom stereocenters. The fraction of sp³-hybridized carbons (Fsp3) is 0.625. The van der Waals surface area contributed by atoms with Gasteiger partial charge in [-0.25, -0.2) is 0 Å². The van der Waals surface area contributed by atoms with E-state index in [4.69, 9.17) is 5.73 Å². The van der Waals surface area contributed by atoms with Gasteiger partial charge < -0.3 is 5.73 Å². The normalized spacial score (nSPS) is 13.5. The Balaban J connectivity index is 4.35. The first-order chi connectivity index (χ1) is 4.34. The van der Waals surface area contributed by atoms with Crippen LogP contribution in [0.15, 0.2) is 11.6 Å². The Hall–Kier alpha value is -0.630. The minimum Gasteiger partial charge on any atom is -0.322 e. The van der Waals surface area contributed by atoms with Crippen molar-refractivity contribution in [3.8, 4) is 0 Å². The van der Waals surface area contributed by atoms with Gasteiger partial charge in [0.1, 0.15) is 0 Å². The van der Waals surface area contributed by atoms with Crippen molar-refractivity contribution in [3.05, 3.63) is 11.6 Å². The third-order valence-electron chi connectivity index (χ3n) is 1.44. The van der Waals surface area contributed by atoms with Gasteiger partial charge in [0.25, 0.3) is 0 Å². The zero-order valence-corrected chi connectivity index (χ0v) is 7.06. The summed E-state index contributed by atoms with van der Waals surface area (Å²) >= 11 is 0. The lowest BCUT2D eigenvalue weighted by atomic mass is 9.96. The molecule has 0 heterocycles. The Bertz CT molecular complexity index is 163. The maximum atomic E-state index is 10.6. The second kappa shape index (κ2) is 2.97. The van der Waals surface area contributed by atoms with E-state index in [2.05, 4.69) is 0 Å². The summed E-state index contributed by atoms with van der Waals surface area (Å²) in [6.45, 7) is 7.14. The maximum absolute atomic E-state index is 10.6. The zero-order valence-electron chi connectivity index (χ0n) is 7.06. The topological polar surface area (TPSA) is 43.1 Å². The first-order valence-corrected chi connectivity index (χ1v) is 3.32. The molecule has 0 unspecified atom stereocenters. The van der Waals surface area contributed by atoms with Crippen molar-refractivity contribution in [2.24, 2.45) is 5.73 Å². The largest absolute Gasteiger partial charge is 0.322 e. The predicted octanol–water partition coefficient (Wildman–Crippen LogP) is 1.26. The summed E-state index contributed by atoms with van der Waals surface area (Å²) in [5.74, 6) is 0.0519. The van der Waals surface area contributed by atoms with Crippen molar-refractivity contribution in [2.45, 2.75) is 33.2 Å². The van der Waals surface area contributed by atoms with Crippen LogP contribution in [0.2, 0.25) is 0 Å². The number of carbonyl (C=O) groups excluding carboxylic acids is 1. The van der Waals surface area contributed by atoms with Gasteiger partial charge in [0.15, 0.2) is 5.78 Å². The Morgan fingerprint density at radius 3 is 1.90 bits per heavy atom. The molecule has 0 aromatic carbocycles. The van der Waals surface area contributed by atoms with Crippen molar-refractivity contribution in [1.29, 1.82) is 0 Å². The van der Waals surface area contributed by atoms with E-state index in [9.17, 15) is 4.79 Å². The molecule has 0 saturated heterocycles. The van der Waals surface area contributed by atoms with E-state index >= 15 is 0 Å². The minimum atomic E-state index is -0.369. The van der Waals surface area contributed by atoms with Crippen LogP contribution in [0.25, 0.3) is 0 Å². The molecule has 2 nitrogen and oxygen atoms in total. The van der Waals surface area contributed by atoms with E-state index in [0.717, 1.165) is 5.57 Å². The molecule has 0 aromatic heterocycles. The van der Waals surface area contributed by atoms with Crippen molar-refractivity contribution in [3.63, 3.8) is 0 Å². The Morgan fingerprint density at radius 1 is 1.40 bits per heavy atom. The molecule has 0 rings (SSSR count). The van der Waals surface area contributed by atoms with Crippen LogP contribution in [-0.4, -0.2) is 11.3 Å². The van der Waals surface area contributed by atoms with Crippen molar-refractivity contribution >= 4 is 5.78 Å². The lowest BCUT2D eigenvalue weighted by Crippen LogP contribution is -2.33. The summed E-state index contributed by atoms with van der Waals surface area (Å²) in [6, 6.07) is 0. The highest BCUT2D eigenvalue weighted by Crippen LogP contribution is 2.10. The van der Waals surface area contributed by atoms with Gasteiger partial charge in [-0.3, -0.25) is 4.79 Å². The molecule has 58 valence electrons. The van der Waals surface area contributed by atoms with E-state index in [1.807, 2.05) is 20.8 Å². The van der Waals surface area contributed by atoms with E-state index in [1.165, 1.54) is 6.92 Å². The first kappa shape index (κ1) is 9.37. The average Bonchev–Trinajstić information content (AvgIpc) is 1.60. The highest BCUT2D eigenvalue weighted by molar-refractivity contribution is 5.88. The molecule has 0 bridgehead atoms. The van der Waals surface area contributed by atoms with E-state index in [1.54, 1.807) is 6.08 Å². The number of rotatable bonds is 2. The zero-order chi connectivity index (χ0) is 8.36. The van der Waals surface area contributed by atoms with Gasteiger partial charge in [0.05, 0.1) is 0 Å². The van der Waals surface area contributed by atoms with Crippen molar-refractivity contribution < 1.29 is 4.79 Å². The number of hydrogen-bond acceptors (Lipinski definition) is 2. The molecule has 0 amide bonds. The Kier molecular flexibility index (Phi) is 2.78. The molecule has 0 fully saturated rings. The van der Waals surface area contributed by atoms with Crippen LogP contribution in [0, 0.1) is 0 Å². The van der Waals surface area contributed by atoms with E-state index in [0.29, 0.717) is 0 Å². The number of carbonyl (C=O) groups is 1. The monoisotopic (exact) mass is 141 g/mol. The van der Waals surface area contributed by atoms with Crippen LogP contribution in [0.4, 0.5) is 0 Å². The van der Waals surface area contributed by atoms with E-state index in [-0.39, 0.29) is 11.3 Å². The lowest BCUT2D eigenvalue weighted by molar-refractivity contribution is -0.112. The Morgan fingerprint density at radius 2 is 1.80 bits per heavy atom. The number of nitrogens with two attached hydrogens (primary N) is 1. The molecular formula is C8H15NO. The van der Waals surface area contributed by atoms with Gasteiger partial charge in [0.2, 0.25) is 0 Å². The summed E-state index contributed by atoms with van der Waals surface area (Å²) in [5.41, 5.74) is 6.25. The maximum Gasteiger partial charge on any atom is 0.152 e. The molecular weight excluding hydrogens is 126 g/mol. The number of ketones is 1. The smallest absolute Gasteiger partial charge is 0.152 e. The Labute approximate surface area is 62.1 Å². The number of hydrogen-bond donors (Lipinski definition) is 1. The molecule has 0 aliphatic carbocycles. The van der Waals surface area contributed by atoms with E-state index < -0.39 is 0 Å². The van der Waals surface area contributed by atoms with Crippen LogP contribution in [0.5, 0.6) is 0 Å². The van der Waals surface area contributed by atoms with Crippen LogP contribution in [-0.2, 0) is 4.79 Å². The van der Waals surface area contributed by atoms with Gasteiger partial charge in [-0.2, -0.15) is 0 Å². The molecule has 0 aliphatic heterocycles. The van der Waals surface area contributed by atoms with Crippen molar-refractivity contribution in [1.82, 2.24) is 0 Å². The summed E-state index contributed by atoms with van der Waals surface area (Å²) < 4.78 is 0. The quantitative estimate of drug-likeness (QED) is 0.588. The van der Waals surface area contributed by atoms with Crippen molar-refractivity contribution in [2.75, 3.05) is 0 Å². The highest BCUT2D eigenvalue weighted by Gasteiger charge is 2.12. The standard InChI is InChI=1S/C8H15NO/c1-6(5-7(2)10)8(3,4)9/h5H,9H2,1-4H3/b6-5+. The minimum absolute atomic E-state index is 0.0519. The summed E-state index contributed by atoms with van der Waals surface area (Å²) in [6.07, 6.45) is 1.57. The van der Waals surface area contributed by atoms with Crippen LogP contribution < -0.4 is 5.73 Å². The molecule has 0 aromatic rings. The second-order valence-electron chi connectivity index (χ2n) is 3.16. The first-order valence-electron chi connectivity index (χ1n) is 3.32. The molecule has 0 aliphatic rings. The van der Waals surface area contributed by atoms with Crippen LogP contribution >= 0.6 is 0 Å². The van der Waals surface area contributed by atoms with Gasteiger partial charge in [-0.1, -0.05) is 5.57 Å². The van der Waals surface area contributed by atoms with Crippen LogP contribution in [0.3, 0.4) is 0 Å². The predicted molar refractivity (Wildman–Crippen MR) is 42.7 cm³/mol. The third-order valence-corrected chi connectivity index (χ3v) is 1.44. The molecule has 10 heavy (non-hydrogen) atoms. The fourth-order valence-corrected chi connectivity index (χ4v) is 0.491. The highest BCUT2D eigenvalue weighted by atomic mass is 16.1. The van der Waals surface area contributed by atoms with Gasteiger partial charge in [-0.15, -0.1) is 0 Å². The fourth-order valence-electron chi connectivity index (χ4n) is 0.491. The molecule has 0 radical (unpaired) electrons.